The summed E-state index contributed by atoms with van der Waals surface area (Å²) in [6, 6.07) is 6.51. The Balaban J connectivity index is 2.10. The fourth-order valence-electron chi connectivity index (χ4n) is 2.48. The quantitative estimate of drug-likeness (QED) is 0.874. The molecule has 0 saturated carbocycles. The molecule has 1 aliphatic rings. The lowest BCUT2D eigenvalue weighted by atomic mass is 10.0. The molecule has 0 aromatic heterocycles. The average molecular weight is 296 g/mol. The highest BCUT2D eigenvalue weighted by Crippen LogP contribution is 2.31. The molecule has 0 spiro atoms. The number of hydrogen-bond donors (Lipinski definition) is 2. The van der Waals surface area contributed by atoms with E-state index in [1.807, 2.05) is 4.90 Å². The van der Waals surface area contributed by atoms with Gasteiger partial charge in [-0.05, 0) is 18.2 Å². The van der Waals surface area contributed by atoms with Gasteiger partial charge in [0.1, 0.15) is 11.8 Å². The molecule has 1 saturated heterocycles. The van der Waals surface area contributed by atoms with Crippen molar-refractivity contribution < 1.29 is 10.2 Å². The highest BCUT2D eigenvalue weighted by molar-refractivity contribution is 6.30. The lowest BCUT2D eigenvalue weighted by molar-refractivity contribution is 0.0976. The van der Waals surface area contributed by atoms with Gasteiger partial charge >= 0.3 is 0 Å². The maximum atomic E-state index is 9.92. The number of aliphatic hydroxyl groups is 1. The van der Waals surface area contributed by atoms with Crippen LogP contribution >= 0.6 is 11.6 Å². The average Bonchev–Trinajstić information content (AvgIpc) is 2.45. The van der Waals surface area contributed by atoms with Crippen LogP contribution in [0.15, 0.2) is 18.2 Å². The Hall–Kier alpha value is -1.32. The van der Waals surface area contributed by atoms with E-state index in [9.17, 15) is 10.4 Å². The molecule has 1 fully saturated rings. The van der Waals surface area contributed by atoms with Gasteiger partial charge in [-0.3, -0.25) is 9.80 Å². The summed E-state index contributed by atoms with van der Waals surface area (Å²) in [6.07, 6.45) is 0. The molecule has 20 heavy (non-hydrogen) atoms. The van der Waals surface area contributed by atoms with Crippen molar-refractivity contribution in [1.82, 2.24) is 9.80 Å². The van der Waals surface area contributed by atoms with Gasteiger partial charge in [-0.15, -0.1) is 0 Å². The van der Waals surface area contributed by atoms with E-state index in [1.54, 1.807) is 12.1 Å². The van der Waals surface area contributed by atoms with E-state index in [2.05, 4.69) is 11.0 Å². The molecule has 1 unspecified atom stereocenters. The number of nitrogens with zero attached hydrogens (tertiary/aromatic N) is 3. The number of aromatic hydroxyl groups is 1. The first-order valence-corrected chi connectivity index (χ1v) is 6.99. The fourth-order valence-corrected chi connectivity index (χ4v) is 2.66. The predicted molar refractivity (Wildman–Crippen MR) is 76.6 cm³/mol. The first-order valence-electron chi connectivity index (χ1n) is 6.61. The van der Waals surface area contributed by atoms with Crippen LogP contribution in [0.1, 0.15) is 11.6 Å². The Morgan fingerprint density at radius 2 is 2.00 bits per heavy atom. The smallest absolute Gasteiger partial charge is 0.127 e. The summed E-state index contributed by atoms with van der Waals surface area (Å²) in [5, 5.41) is 28.8. The lowest BCUT2D eigenvalue weighted by Crippen LogP contribution is -2.48. The lowest BCUT2D eigenvalue weighted by Gasteiger charge is -2.36. The van der Waals surface area contributed by atoms with Gasteiger partial charge < -0.3 is 10.2 Å². The normalized spacial score (nSPS) is 18.6. The minimum Gasteiger partial charge on any atom is -0.508 e. The van der Waals surface area contributed by atoms with E-state index >= 15 is 0 Å². The molecule has 1 atom stereocenters. The zero-order chi connectivity index (χ0) is 14.5. The van der Waals surface area contributed by atoms with Crippen LogP contribution in [0.3, 0.4) is 0 Å². The molecule has 2 rings (SSSR count). The zero-order valence-corrected chi connectivity index (χ0v) is 11.9. The maximum Gasteiger partial charge on any atom is 0.127 e. The predicted octanol–water partition coefficient (Wildman–Crippen LogP) is 1.22. The molecule has 1 heterocycles. The van der Waals surface area contributed by atoms with E-state index in [4.69, 9.17) is 16.7 Å². The number of aliphatic hydroxyl groups excluding tert-OH is 1. The first-order chi connectivity index (χ1) is 9.65. The molecule has 1 aromatic carbocycles. The first kappa shape index (κ1) is 15.1. The molecule has 0 bridgehead atoms. The Labute approximate surface area is 123 Å². The molecule has 6 heteroatoms. The van der Waals surface area contributed by atoms with Crippen LogP contribution in [0.2, 0.25) is 5.02 Å². The number of phenolic OH excluding ortho intramolecular Hbond substituents is 1. The van der Waals surface area contributed by atoms with E-state index in [0.717, 1.165) is 26.2 Å². The van der Waals surface area contributed by atoms with E-state index in [-0.39, 0.29) is 12.4 Å². The Morgan fingerprint density at radius 1 is 1.30 bits per heavy atom. The van der Waals surface area contributed by atoms with Gasteiger partial charge in [0, 0.05) is 43.3 Å². The summed E-state index contributed by atoms with van der Waals surface area (Å²) in [5.74, 6) is 0.0961. The van der Waals surface area contributed by atoms with Crippen molar-refractivity contribution >= 4 is 11.6 Å². The Bertz CT molecular complexity index is 496. The third-order valence-electron chi connectivity index (χ3n) is 3.59. The number of piperazine rings is 1. The second kappa shape index (κ2) is 6.91. The number of β-amino-alcohol motifs (C(OH)–C–C–N with tert-alkyl or cyclic N) is 1. The molecule has 0 amide bonds. The van der Waals surface area contributed by atoms with Crippen molar-refractivity contribution in [3.05, 3.63) is 28.8 Å². The van der Waals surface area contributed by atoms with Crippen LogP contribution in [0.5, 0.6) is 5.75 Å². The monoisotopic (exact) mass is 295 g/mol. The van der Waals surface area contributed by atoms with Gasteiger partial charge in [-0.2, -0.15) is 5.26 Å². The molecule has 0 aliphatic carbocycles. The van der Waals surface area contributed by atoms with E-state index < -0.39 is 6.04 Å². The largest absolute Gasteiger partial charge is 0.508 e. The highest BCUT2D eigenvalue weighted by Gasteiger charge is 2.26. The Morgan fingerprint density at radius 3 is 2.60 bits per heavy atom. The van der Waals surface area contributed by atoms with Gasteiger partial charge in [0.05, 0.1) is 12.7 Å². The summed E-state index contributed by atoms with van der Waals surface area (Å²) in [6.45, 7) is 3.87. The standard InChI is InChI=1S/C14H18ClN3O2/c15-11-1-2-14(20)12(9-11)13(10-16)18-5-3-17(4-6-18)7-8-19/h1-2,9,13,19-20H,3-8H2. The van der Waals surface area contributed by atoms with Crippen LogP contribution in [-0.2, 0) is 0 Å². The number of hydrogen-bond acceptors (Lipinski definition) is 5. The van der Waals surface area contributed by atoms with Crippen LogP contribution in [-0.4, -0.2) is 59.3 Å². The molecule has 1 aliphatic heterocycles. The summed E-state index contributed by atoms with van der Waals surface area (Å²) in [7, 11) is 0. The van der Waals surface area contributed by atoms with Gasteiger partial charge in [-0.25, -0.2) is 0 Å². The number of benzene rings is 1. The number of nitriles is 1. The summed E-state index contributed by atoms with van der Waals surface area (Å²) >= 11 is 5.95. The molecule has 2 N–H and O–H groups in total. The minimum atomic E-state index is -0.495. The second-order valence-corrected chi connectivity index (χ2v) is 5.27. The van der Waals surface area contributed by atoms with Gasteiger partial charge in [-0.1, -0.05) is 11.6 Å². The topological polar surface area (TPSA) is 70.7 Å². The summed E-state index contributed by atoms with van der Waals surface area (Å²) < 4.78 is 0. The van der Waals surface area contributed by atoms with Crippen LogP contribution < -0.4 is 0 Å². The Kier molecular flexibility index (Phi) is 5.21. The van der Waals surface area contributed by atoms with E-state index in [0.29, 0.717) is 17.1 Å². The number of phenols is 1. The van der Waals surface area contributed by atoms with Gasteiger partial charge in [0.2, 0.25) is 0 Å². The SMILES string of the molecule is N#CC(c1cc(Cl)ccc1O)N1CCN(CCO)CC1. The van der Waals surface area contributed by atoms with Crippen LogP contribution in [0.4, 0.5) is 0 Å². The van der Waals surface area contributed by atoms with Crippen molar-refractivity contribution in [3.63, 3.8) is 0 Å². The molecular weight excluding hydrogens is 278 g/mol. The molecule has 5 nitrogen and oxygen atoms in total. The third kappa shape index (κ3) is 3.41. The van der Waals surface area contributed by atoms with Crippen LogP contribution in [0.25, 0.3) is 0 Å². The van der Waals surface area contributed by atoms with Gasteiger partial charge in [0.15, 0.2) is 0 Å². The van der Waals surface area contributed by atoms with Crippen molar-refractivity contribution in [1.29, 1.82) is 5.26 Å². The molecule has 0 radical (unpaired) electrons. The molecular formula is C14H18ClN3O2. The van der Waals surface area contributed by atoms with Crippen LogP contribution in [0, 0.1) is 11.3 Å². The van der Waals surface area contributed by atoms with Crippen molar-refractivity contribution in [3.8, 4) is 11.8 Å². The minimum absolute atomic E-state index is 0.0961. The fraction of sp³-hybridized carbons (Fsp3) is 0.500. The molecule has 1 aromatic rings. The van der Waals surface area contributed by atoms with Gasteiger partial charge in [0.25, 0.3) is 0 Å². The third-order valence-corrected chi connectivity index (χ3v) is 3.83. The van der Waals surface area contributed by atoms with Crippen molar-refractivity contribution in [2.24, 2.45) is 0 Å². The summed E-state index contributed by atoms with van der Waals surface area (Å²) in [4.78, 5) is 4.18. The molecule has 108 valence electrons. The second-order valence-electron chi connectivity index (χ2n) is 4.84. The maximum absolute atomic E-state index is 9.92. The highest BCUT2D eigenvalue weighted by atomic mass is 35.5. The zero-order valence-electron chi connectivity index (χ0n) is 11.2. The number of rotatable bonds is 4. The number of halogens is 1. The van der Waals surface area contributed by atoms with Crippen molar-refractivity contribution in [2.45, 2.75) is 6.04 Å². The summed E-state index contributed by atoms with van der Waals surface area (Å²) in [5.41, 5.74) is 0.551. The van der Waals surface area contributed by atoms with Crippen molar-refractivity contribution in [2.75, 3.05) is 39.3 Å². The van der Waals surface area contributed by atoms with E-state index in [1.165, 1.54) is 6.07 Å².